The number of rotatable bonds is 7. The van der Waals surface area contributed by atoms with Crippen molar-refractivity contribution in [3.8, 4) is 17.2 Å². The van der Waals surface area contributed by atoms with Crippen LogP contribution in [0, 0.1) is 0 Å². The van der Waals surface area contributed by atoms with E-state index < -0.39 is 9.84 Å². The summed E-state index contributed by atoms with van der Waals surface area (Å²) in [5.74, 6) is 1.19. The van der Waals surface area contributed by atoms with Crippen molar-refractivity contribution in [3.63, 3.8) is 0 Å². The minimum Gasteiger partial charge on any atom is -0.508 e. The van der Waals surface area contributed by atoms with Gasteiger partial charge in [-0.25, -0.2) is 8.42 Å². The van der Waals surface area contributed by atoms with Crippen molar-refractivity contribution in [3.05, 3.63) is 109 Å². The lowest BCUT2D eigenvalue weighted by atomic mass is 10.0. The van der Waals surface area contributed by atoms with Crippen LogP contribution in [0.5, 0.6) is 17.2 Å². The van der Waals surface area contributed by atoms with E-state index in [1.807, 2.05) is 49.4 Å². The van der Waals surface area contributed by atoms with Crippen LogP contribution < -0.4 is 4.74 Å². The molecule has 3 aromatic carbocycles. The van der Waals surface area contributed by atoms with Gasteiger partial charge in [-0.05, 0) is 78.7 Å². The molecule has 0 unspecified atom stereocenters. The molecule has 0 saturated heterocycles. The van der Waals surface area contributed by atoms with Gasteiger partial charge in [0.25, 0.3) is 0 Å². The van der Waals surface area contributed by atoms with Crippen molar-refractivity contribution in [1.29, 1.82) is 0 Å². The molecule has 0 aliphatic rings. The van der Waals surface area contributed by atoms with Gasteiger partial charge in [0.1, 0.15) is 17.2 Å². The summed E-state index contributed by atoms with van der Waals surface area (Å²) in [7, 11) is -3.66. The van der Waals surface area contributed by atoms with Crippen LogP contribution in [0.4, 0.5) is 0 Å². The lowest BCUT2D eigenvalue weighted by Crippen LogP contribution is -2.01. The minimum absolute atomic E-state index is 0.0153. The van der Waals surface area contributed by atoms with Crippen LogP contribution in [0.3, 0.4) is 0 Å². The summed E-state index contributed by atoms with van der Waals surface area (Å²) < 4.78 is 31.2. The summed E-state index contributed by atoms with van der Waals surface area (Å²) >= 11 is 0. The van der Waals surface area contributed by atoms with Crippen LogP contribution in [0.2, 0.25) is 0 Å². The number of phenolic OH excluding ortho intramolecular Hbond substituents is 1. The molecule has 0 bridgehead atoms. The molecule has 3 rings (SSSR count). The molecule has 30 heavy (non-hydrogen) atoms. The quantitative estimate of drug-likeness (QED) is 0.467. The van der Waals surface area contributed by atoms with Gasteiger partial charge in [0.2, 0.25) is 9.84 Å². The molecule has 0 aliphatic heterocycles. The van der Waals surface area contributed by atoms with E-state index in [0.717, 1.165) is 11.1 Å². The first-order chi connectivity index (χ1) is 14.4. The van der Waals surface area contributed by atoms with Crippen molar-refractivity contribution < 1.29 is 18.3 Å². The largest absolute Gasteiger partial charge is 0.508 e. The lowest BCUT2D eigenvalue weighted by Gasteiger charge is -2.09. The molecule has 0 aliphatic carbocycles. The monoisotopic (exact) mass is 418 g/mol. The van der Waals surface area contributed by atoms with E-state index in [9.17, 15) is 13.5 Å². The molecular weight excluding hydrogens is 396 g/mol. The van der Waals surface area contributed by atoms with Crippen LogP contribution in [0.25, 0.3) is 5.57 Å². The normalized spacial score (nSPS) is 12.1. The average Bonchev–Trinajstić information content (AvgIpc) is 2.75. The fraction of sp³-hybridized carbons (Fsp3) is 0.0400. The van der Waals surface area contributed by atoms with Gasteiger partial charge in [-0.3, -0.25) is 0 Å². The number of benzene rings is 3. The molecule has 0 saturated carbocycles. The highest BCUT2D eigenvalue weighted by Gasteiger charge is 2.17. The Kier molecular flexibility index (Phi) is 6.54. The number of hydrogen-bond acceptors (Lipinski definition) is 4. The van der Waals surface area contributed by atoms with Gasteiger partial charge in [0.05, 0.1) is 9.79 Å². The van der Waals surface area contributed by atoms with E-state index in [2.05, 4.69) is 6.58 Å². The SMILES string of the molecule is C=C/C=C(\C=C/C)c1ccc(Oc2ccc(S(=O)(=O)c3ccc(O)cc3)cc2)cc1. The van der Waals surface area contributed by atoms with Crippen molar-refractivity contribution in [1.82, 2.24) is 0 Å². The van der Waals surface area contributed by atoms with E-state index in [4.69, 9.17) is 4.74 Å². The minimum atomic E-state index is -3.66. The van der Waals surface area contributed by atoms with Crippen molar-refractivity contribution in [2.45, 2.75) is 16.7 Å². The summed E-state index contributed by atoms with van der Waals surface area (Å²) in [6.45, 7) is 5.70. The van der Waals surface area contributed by atoms with E-state index in [1.165, 1.54) is 36.4 Å². The van der Waals surface area contributed by atoms with Crippen molar-refractivity contribution in [2.75, 3.05) is 0 Å². The maximum absolute atomic E-state index is 12.7. The second-order valence-electron chi connectivity index (χ2n) is 6.45. The summed E-state index contributed by atoms with van der Waals surface area (Å²) in [6.07, 6.45) is 7.65. The third-order valence-electron chi connectivity index (χ3n) is 4.35. The third kappa shape index (κ3) is 4.88. The van der Waals surface area contributed by atoms with Crippen LogP contribution in [0.15, 0.2) is 113 Å². The topological polar surface area (TPSA) is 63.6 Å². The lowest BCUT2D eigenvalue weighted by molar-refractivity contribution is 0.475. The Hall–Kier alpha value is -3.57. The van der Waals surface area contributed by atoms with Gasteiger partial charge in [-0.15, -0.1) is 0 Å². The highest BCUT2D eigenvalue weighted by atomic mass is 32.2. The molecule has 4 nitrogen and oxygen atoms in total. The number of aromatic hydroxyl groups is 1. The molecule has 3 aromatic rings. The molecule has 152 valence electrons. The number of hydrogen-bond donors (Lipinski definition) is 1. The van der Waals surface area contributed by atoms with E-state index in [-0.39, 0.29) is 15.5 Å². The van der Waals surface area contributed by atoms with Gasteiger partial charge >= 0.3 is 0 Å². The first kappa shape index (κ1) is 21.1. The molecule has 0 spiro atoms. The zero-order chi connectivity index (χ0) is 21.6. The smallest absolute Gasteiger partial charge is 0.206 e. The maximum atomic E-state index is 12.7. The van der Waals surface area contributed by atoms with E-state index in [1.54, 1.807) is 18.2 Å². The standard InChI is InChI=1S/C25H22O4S/c1-3-5-19(6-4-2)20-7-11-22(12-8-20)29-23-13-17-25(18-14-23)30(27,28)24-15-9-21(26)10-16-24/h3-18,26H,1H2,2H3/b6-4-,19-5+. The molecule has 0 radical (unpaired) electrons. The number of phenols is 1. The van der Waals surface area contributed by atoms with E-state index in [0.29, 0.717) is 11.5 Å². The van der Waals surface area contributed by atoms with Gasteiger partial charge in [-0.2, -0.15) is 0 Å². The van der Waals surface area contributed by atoms with Crippen molar-refractivity contribution >= 4 is 15.4 Å². The second-order valence-corrected chi connectivity index (χ2v) is 8.40. The second kappa shape index (κ2) is 9.29. The number of allylic oxidation sites excluding steroid dienone is 5. The highest BCUT2D eigenvalue weighted by Crippen LogP contribution is 2.28. The van der Waals surface area contributed by atoms with Crippen LogP contribution in [-0.2, 0) is 9.84 Å². The Bertz CT molecular complexity index is 1170. The Morgan fingerprint density at radius 2 is 1.37 bits per heavy atom. The highest BCUT2D eigenvalue weighted by molar-refractivity contribution is 7.91. The predicted octanol–water partition coefficient (Wildman–Crippen LogP) is 6.16. The Labute approximate surface area is 177 Å². The molecule has 0 fully saturated rings. The summed E-state index contributed by atoms with van der Waals surface area (Å²) in [4.78, 5) is 0.274. The fourth-order valence-corrected chi connectivity index (χ4v) is 4.12. The molecule has 5 heteroatoms. The van der Waals surface area contributed by atoms with Gasteiger partial charge in [0, 0.05) is 0 Å². The van der Waals surface area contributed by atoms with Crippen molar-refractivity contribution in [2.24, 2.45) is 0 Å². The molecule has 1 N–H and O–H groups in total. The Morgan fingerprint density at radius 3 is 1.87 bits per heavy atom. The Balaban J connectivity index is 1.76. The van der Waals surface area contributed by atoms with Gasteiger partial charge in [0.15, 0.2) is 0 Å². The molecule has 0 aromatic heterocycles. The average molecular weight is 419 g/mol. The molecule has 0 heterocycles. The first-order valence-electron chi connectivity index (χ1n) is 9.32. The summed E-state index contributed by atoms with van der Waals surface area (Å²) in [5, 5.41) is 9.35. The Morgan fingerprint density at radius 1 is 0.867 bits per heavy atom. The van der Waals surface area contributed by atoms with Crippen LogP contribution >= 0.6 is 0 Å². The number of ether oxygens (including phenoxy) is 1. The zero-order valence-electron chi connectivity index (χ0n) is 16.5. The molecule has 0 atom stereocenters. The van der Waals surface area contributed by atoms with E-state index >= 15 is 0 Å². The molecule has 0 amide bonds. The van der Waals surface area contributed by atoms with Gasteiger partial charge < -0.3 is 9.84 Å². The molecular formula is C25H22O4S. The third-order valence-corrected chi connectivity index (χ3v) is 6.13. The number of sulfone groups is 1. The van der Waals surface area contributed by atoms with Gasteiger partial charge in [-0.1, -0.05) is 43.0 Å². The maximum Gasteiger partial charge on any atom is 0.206 e. The predicted molar refractivity (Wildman–Crippen MR) is 120 cm³/mol. The van der Waals surface area contributed by atoms with Crippen LogP contribution in [-0.4, -0.2) is 13.5 Å². The fourth-order valence-electron chi connectivity index (χ4n) is 2.85. The first-order valence-corrected chi connectivity index (χ1v) is 10.8. The summed E-state index contributed by atoms with van der Waals surface area (Å²) in [5.41, 5.74) is 2.08. The summed E-state index contributed by atoms with van der Waals surface area (Å²) in [6, 6.07) is 19.3. The van der Waals surface area contributed by atoms with Crippen LogP contribution in [0.1, 0.15) is 12.5 Å². The zero-order valence-corrected chi connectivity index (χ0v) is 17.3.